The maximum atomic E-state index is 12.1. The molecule has 6 nitrogen and oxygen atoms in total. The van der Waals surface area contributed by atoms with Crippen molar-refractivity contribution in [2.24, 2.45) is 0 Å². The molecule has 2 aromatic rings. The average Bonchev–Trinajstić information content (AvgIpc) is 2.53. The highest BCUT2D eigenvalue weighted by Gasteiger charge is 2.06. The van der Waals surface area contributed by atoms with Crippen molar-refractivity contribution in [1.29, 1.82) is 0 Å². The number of anilines is 2. The number of carbonyl (C=O) groups excluding carboxylic acids is 1. The predicted octanol–water partition coefficient (Wildman–Crippen LogP) is 2.33. The zero-order valence-electron chi connectivity index (χ0n) is 14.5. The SMILES string of the molecule is Cc1cccc(CC(=O)Nc2ccc(NCCCN(C)C)nn2)c1. The molecule has 2 N–H and O–H groups in total. The number of amides is 1. The summed E-state index contributed by atoms with van der Waals surface area (Å²) >= 11 is 0. The fourth-order valence-corrected chi connectivity index (χ4v) is 2.30. The van der Waals surface area contributed by atoms with Crippen LogP contribution in [0.2, 0.25) is 0 Å². The first-order chi connectivity index (χ1) is 11.5. The summed E-state index contributed by atoms with van der Waals surface area (Å²) in [6, 6.07) is 11.5. The number of aromatic nitrogens is 2. The fraction of sp³-hybridized carbons (Fsp3) is 0.389. The van der Waals surface area contributed by atoms with Gasteiger partial charge in [0.25, 0.3) is 0 Å². The van der Waals surface area contributed by atoms with Crippen molar-refractivity contribution < 1.29 is 4.79 Å². The van der Waals surface area contributed by atoms with Crippen molar-refractivity contribution in [1.82, 2.24) is 15.1 Å². The van der Waals surface area contributed by atoms with Crippen molar-refractivity contribution >= 4 is 17.5 Å². The molecule has 0 aliphatic heterocycles. The first kappa shape index (κ1) is 17.9. The van der Waals surface area contributed by atoms with E-state index in [1.54, 1.807) is 6.07 Å². The van der Waals surface area contributed by atoms with Gasteiger partial charge in [0.05, 0.1) is 6.42 Å². The summed E-state index contributed by atoms with van der Waals surface area (Å²) < 4.78 is 0. The third kappa shape index (κ3) is 6.34. The number of rotatable bonds is 8. The van der Waals surface area contributed by atoms with E-state index in [9.17, 15) is 4.79 Å². The van der Waals surface area contributed by atoms with Crippen LogP contribution in [0.5, 0.6) is 0 Å². The molecular formula is C18H25N5O. The van der Waals surface area contributed by atoms with E-state index in [1.807, 2.05) is 51.4 Å². The van der Waals surface area contributed by atoms with Crippen LogP contribution in [0, 0.1) is 6.92 Å². The number of nitrogens with zero attached hydrogens (tertiary/aromatic N) is 3. The van der Waals surface area contributed by atoms with Crippen LogP contribution in [0.15, 0.2) is 36.4 Å². The van der Waals surface area contributed by atoms with Crippen LogP contribution in [-0.4, -0.2) is 48.2 Å². The minimum atomic E-state index is -0.0957. The third-order valence-electron chi connectivity index (χ3n) is 3.47. The molecule has 0 atom stereocenters. The van der Waals surface area contributed by atoms with E-state index in [-0.39, 0.29) is 5.91 Å². The number of benzene rings is 1. The van der Waals surface area contributed by atoms with Crippen LogP contribution < -0.4 is 10.6 Å². The molecule has 1 aromatic heterocycles. The van der Waals surface area contributed by atoms with Gasteiger partial charge in [0, 0.05) is 6.54 Å². The van der Waals surface area contributed by atoms with E-state index in [0.717, 1.165) is 30.6 Å². The molecule has 1 aromatic carbocycles. The Labute approximate surface area is 143 Å². The molecule has 0 saturated heterocycles. The summed E-state index contributed by atoms with van der Waals surface area (Å²) in [5.74, 6) is 1.08. The molecule has 0 radical (unpaired) electrons. The topological polar surface area (TPSA) is 70.2 Å². The lowest BCUT2D eigenvalue weighted by molar-refractivity contribution is -0.115. The molecule has 6 heteroatoms. The van der Waals surface area contributed by atoms with Crippen LogP contribution in [0.4, 0.5) is 11.6 Å². The van der Waals surface area contributed by atoms with E-state index >= 15 is 0 Å². The molecule has 2 rings (SSSR count). The highest BCUT2D eigenvalue weighted by molar-refractivity contribution is 5.91. The van der Waals surface area contributed by atoms with Crippen molar-refractivity contribution in [2.45, 2.75) is 19.8 Å². The molecule has 0 saturated carbocycles. The quantitative estimate of drug-likeness (QED) is 0.728. The zero-order valence-corrected chi connectivity index (χ0v) is 14.5. The average molecular weight is 327 g/mol. The van der Waals surface area contributed by atoms with E-state index in [4.69, 9.17) is 0 Å². The maximum absolute atomic E-state index is 12.1. The van der Waals surface area contributed by atoms with Gasteiger partial charge in [-0.2, -0.15) is 0 Å². The highest BCUT2D eigenvalue weighted by Crippen LogP contribution is 2.09. The van der Waals surface area contributed by atoms with Gasteiger partial charge in [-0.15, -0.1) is 10.2 Å². The van der Waals surface area contributed by atoms with E-state index in [1.165, 1.54) is 0 Å². The van der Waals surface area contributed by atoms with Crippen LogP contribution in [-0.2, 0) is 11.2 Å². The van der Waals surface area contributed by atoms with Crippen molar-refractivity contribution in [2.75, 3.05) is 37.8 Å². The summed E-state index contributed by atoms with van der Waals surface area (Å²) in [5.41, 5.74) is 2.13. The largest absolute Gasteiger partial charge is 0.369 e. The lowest BCUT2D eigenvalue weighted by Crippen LogP contribution is -2.17. The summed E-state index contributed by atoms with van der Waals surface area (Å²) in [4.78, 5) is 14.2. The highest BCUT2D eigenvalue weighted by atomic mass is 16.1. The van der Waals surface area contributed by atoms with Gasteiger partial charge in [0.15, 0.2) is 5.82 Å². The Hall–Kier alpha value is -2.47. The van der Waals surface area contributed by atoms with Crippen molar-refractivity contribution in [3.8, 4) is 0 Å². The van der Waals surface area contributed by atoms with Crippen LogP contribution in [0.3, 0.4) is 0 Å². The summed E-state index contributed by atoms with van der Waals surface area (Å²) in [5, 5.41) is 14.1. The third-order valence-corrected chi connectivity index (χ3v) is 3.47. The van der Waals surface area contributed by atoms with Crippen molar-refractivity contribution in [3.05, 3.63) is 47.5 Å². The Balaban J connectivity index is 1.79. The van der Waals surface area contributed by atoms with Gasteiger partial charge in [-0.05, 0) is 51.7 Å². The van der Waals surface area contributed by atoms with E-state index in [0.29, 0.717) is 18.1 Å². The normalized spacial score (nSPS) is 10.7. The molecule has 0 aliphatic rings. The van der Waals surface area contributed by atoms with Gasteiger partial charge in [0.2, 0.25) is 5.91 Å². The zero-order chi connectivity index (χ0) is 17.4. The van der Waals surface area contributed by atoms with Gasteiger partial charge in [-0.25, -0.2) is 0 Å². The second-order valence-electron chi connectivity index (χ2n) is 6.10. The molecule has 1 amide bonds. The van der Waals surface area contributed by atoms with E-state index < -0.39 is 0 Å². The maximum Gasteiger partial charge on any atom is 0.229 e. The first-order valence-electron chi connectivity index (χ1n) is 8.10. The molecule has 0 fully saturated rings. The molecular weight excluding hydrogens is 302 g/mol. The van der Waals surface area contributed by atoms with Crippen LogP contribution in [0.25, 0.3) is 0 Å². The molecule has 128 valence electrons. The molecule has 0 spiro atoms. The Morgan fingerprint density at radius 2 is 1.88 bits per heavy atom. The molecule has 24 heavy (non-hydrogen) atoms. The monoisotopic (exact) mass is 327 g/mol. The second kappa shape index (κ2) is 8.98. The van der Waals surface area contributed by atoms with Gasteiger partial charge in [-0.1, -0.05) is 29.8 Å². The lowest BCUT2D eigenvalue weighted by Gasteiger charge is -2.10. The summed E-state index contributed by atoms with van der Waals surface area (Å²) in [6.45, 7) is 3.87. The standard InChI is InChI=1S/C18H25N5O/c1-14-6-4-7-15(12-14)13-18(24)20-17-9-8-16(21-22-17)19-10-5-11-23(2)3/h4,6-9,12H,5,10-11,13H2,1-3H3,(H,19,21)(H,20,22,24). The molecule has 0 bridgehead atoms. The first-order valence-corrected chi connectivity index (χ1v) is 8.10. The summed E-state index contributed by atoms with van der Waals surface area (Å²) in [7, 11) is 4.10. The number of hydrogen-bond acceptors (Lipinski definition) is 5. The molecule has 0 unspecified atom stereocenters. The Bertz CT molecular complexity index is 655. The summed E-state index contributed by atoms with van der Waals surface area (Å²) in [6.07, 6.45) is 1.36. The number of nitrogens with one attached hydrogen (secondary N) is 2. The Morgan fingerprint density at radius 1 is 1.12 bits per heavy atom. The smallest absolute Gasteiger partial charge is 0.229 e. The second-order valence-corrected chi connectivity index (χ2v) is 6.10. The van der Waals surface area contributed by atoms with Gasteiger partial charge < -0.3 is 15.5 Å². The Morgan fingerprint density at radius 3 is 2.54 bits per heavy atom. The van der Waals surface area contributed by atoms with E-state index in [2.05, 4.69) is 25.7 Å². The van der Waals surface area contributed by atoms with Gasteiger partial charge in [-0.3, -0.25) is 4.79 Å². The molecule has 1 heterocycles. The van der Waals surface area contributed by atoms with Gasteiger partial charge >= 0.3 is 0 Å². The number of carbonyl (C=O) groups is 1. The van der Waals surface area contributed by atoms with Crippen LogP contribution >= 0.6 is 0 Å². The van der Waals surface area contributed by atoms with Gasteiger partial charge in [0.1, 0.15) is 5.82 Å². The molecule has 0 aliphatic carbocycles. The minimum absolute atomic E-state index is 0.0957. The number of hydrogen-bond donors (Lipinski definition) is 2. The number of aryl methyl sites for hydroxylation is 1. The Kier molecular flexibility index (Phi) is 6.69. The predicted molar refractivity (Wildman–Crippen MR) is 97.2 cm³/mol. The fourth-order valence-electron chi connectivity index (χ4n) is 2.30. The minimum Gasteiger partial charge on any atom is -0.369 e. The van der Waals surface area contributed by atoms with Crippen LogP contribution in [0.1, 0.15) is 17.5 Å². The lowest BCUT2D eigenvalue weighted by atomic mass is 10.1. The van der Waals surface area contributed by atoms with Crippen molar-refractivity contribution in [3.63, 3.8) is 0 Å².